The van der Waals surface area contributed by atoms with Gasteiger partial charge in [0.1, 0.15) is 11.6 Å². The molecule has 90 valence electrons. The summed E-state index contributed by atoms with van der Waals surface area (Å²) in [7, 11) is 2.06. The maximum atomic E-state index is 4.53. The number of anilines is 2. The van der Waals surface area contributed by atoms with E-state index < -0.39 is 0 Å². The lowest BCUT2D eigenvalue weighted by Gasteiger charge is -2.35. The van der Waals surface area contributed by atoms with Gasteiger partial charge in [0.15, 0.2) is 0 Å². The Morgan fingerprint density at radius 2 is 2.00 bits per heavy atom. The Bertz CT molecular complexity index is 336. The van der Waals surface area contributed by atoms with Gasteiger partial charge in [-0.3, -0.25) is 4.98 Å². The summed E-state index contributed by atoms with van der Waals surface area (Å²) in [6, 6.07) is 0. The number of nitrogens with one attached hydrogen (secondary N) is 1. The molecule has 0 spiro atoms. The maximum absolute atomic E-state index is 4.53. The largest absolute Gasteiger partial charge is 0.369 e. The SMILES string of the molecule is CCNc1cncc(N(C)C(C)(C)CC)n1. The summed E-state index contributed by atoms with van der Waals surface area (Å²) < 4.78 is 0. The minimum atomic E-state index is 0.0967. The van der Waals surface area contributed by atoms with Crippen LogP contribution in [0.4, 0.5) is 11.6 Å². The molecule has 0 aliphatic rings. The van der Waals surface area contributed by atoms with E-state index in [1.54, 1.807) is 12.4 Å². The fourth-order valence-corrected chi connectivity index (χ4v) is 1.33. The van der Waals surface area contributed by atoms with E-state index in [0.29, 0.717) is 0 Å². The third-order valence-electron chi connectivity index (χ3n) is 3.10. The van der Waals surface area contributed by atoms with Gasteiger partial charge >= 0.3 is 0 Å². The van der Waals surface area contributed by atoms with Gasteiger partial charge in [0.05, 0.1) is 12.4 Å². The first-order chi connectivity index (χ1) is 7.51. The number of aromatic nitrogens is 2. The number of rotatable bonds is 5. The Hall–Kier alpha value is -1.32. The van der Waals surface area contributed by atoms with Crippen LogP contribution in [0.1, 0.15) is 34.1 Å². The second kappa shape index (κ2) is 5.14. The molecule has 0 aliphatic heterocycles. The highest BCUT2D eigenvalue weighted by Crippen LogP contribution is 2.23. The maximum Gasteiger partial charge on any atom is 0.149 e. The van der Waals surface area contributed by atoms with E-state index in [1.807, 2.05) is 6.92 Å². The van der Waals surface area contributed by atoms with Crippen LogP contribution in [0.15, 0.2) is 12.4 Å². The number of nitrogens with zero attached hydrogens (tertiary/aromatic N) is 3. The molecule has 0 bridgehead atoms. The molecule has 4 heteroatoms. The van der Waals surface area contributed by atoms with Crippen molar-refractivity contribution in [3.63, 3.8) is 0 Å². The Labute approximate surface area is 98.1 Å². The zero-order valence-electron chi connectivity index (χ0n) is 10.9. The van der Waals surface area contributed by atoms with E-state index >= 15 is 0 Å². The minimum absolute atomic E-state index is 0.0967. The van der Waals surface area contributed by atoms with Crippen LogP contribution in [0, 0.1) is 0 Å². The summed E-state index contributed by atoms with van der Waals surface area (Å²) in [6.07, 6.45) is 4.62. The van der Waals surface area contributed by atoms with Crippen molar-refractivity contribution in [3.05, 3.63) is 12.4 Å². The van der Waals surface area contributed by atoms with Crippen molar-refractivity contribution in [2.75, 3.05) is 23.8 Å². The molecule has 0 saturated heterocycles. The van der Waals surface area contributed by atoms with Gasteiger partial charge in [0.2, 0.25) is 0 Å². The molecule has 1 aromatic heterocycles. The molecule has 0 saturated carbocycles. The first-order valence-electron chi connectivity index (χ1n) is 5.81. The first kappa shape index (κ1) is 12.7. The molecule has 1 aromatic rings. The third-order valence-corrected chi connectivity index (χ3v) is 3.10. The van der Waals surface area contributed by atoms with E-state index in [1.165, 1.54) is 0 Å². The highest BCUT2D eigenvalue weighted by molar-refractivity contribution is 5.44. The van der Waals surface area contributed by atoms with E-state index in [2.05, 4.69) is 48.0 Å². The average Bonchev–Trinajstić information content (AvgIpc) is 2.29. The normalized spacial score (nSPS) is 11.3. The smallest absolute Gasteiger partial charge is 0.149 e. The highest BCUT2D eigenvalue weighted by atomic mass is 15.2. The fourth-order valence-electron chi connectivity index (χ4n) is 1.33. The molecule has 0 aliphatic carbocycles. The van der Waals surface area contributed by atoms with Gasteiger partial charge in [-0.2, -0.15) is 0 Å². The first-order valence-corrected chi connectivity index (χ1v) is 5.81. The molecule has 1 rings (SSSR count). The van der Waals surface area contributed by atoms with Gasteiger partial charge in [-0.25, -0.2) is 4.98 Å². The van der Waals surface area contributed by atoms with Gasteiger partial charge in [-0.15, -0.1) is 0 Å². The van der Waals surface area contributed by atoms with Crippen LogP contribution in [-0.4, -0.2) is 29.1 Å². The summed E-state index contributed by atoms with van der Waals surface area (Å²) in [6.45, 7) is 9.49. The minimum Gasteiger partial charge on any atom is -0.369 e. The summed E-state index contributed by atoms with van der Waals surface area (Å²) >= 11 is 0. The average molecular weight is 222 g/mol. The summed E-state index contributed by atoms with van der Waals surface area (Å²) in [5, 5.41) is 3.17. The predicted molar refractivity (Wildman–Crippen MR) is 69.0 cm³/mol. The van der Waals surface area contributed by atoms with Crippen molar-refractivity contribution in [1.82, 2.24) is 9.97 Å². The van der Waals surface area contributed by atoms with Gasteiger partial charge < -0.3 is 10.2 Å². The standard InChI is InChI=1S/C12H22N4/c1-6-12(3,4)16(5)11-9-13-8-10(15-11)14-7-2/h8-9H,6-7H2,1-5H3,(H,14,15). The predicted octanol–water partition coefficient (Wildman–Crippen LogP) is 2.53. The third kappa shape index (κ3) is 2.84. The van der Waals surface area contributed by atoms with Gasteiger partial charge in [-0.1, -0.05) is 6.92 Å². The Morgan fingerprint density at radius 1 is 1.31 bits per heavy atom. The van der Waals surface area contributed by atoms with Crippen LogP contribution < -0.4 is 10.2 Å². The summed E-state index contributed by atoms with van der Waals surface area (Å²) in [4.78, 5) is 10.9. The quantitative estimate of drug-likeness (QED) is 0.831. The molecule has 1 N–H and O–H groups in total. The number of hydrogen-bond acceptors (Lipinski definition) is 4. The topological polar surface area (TPSA) is 41.1 Å². The monoisotopic (exact) mass is 222 g/mol. The van der Waals surface area contributed by atoms with E-state index in [4.69, 9.17) is 0 Å². The van der Waals surface area contributed by atoms with E-state index in [-0.39, 0.29) is 5.54 Å². The fraction of sp³-hybridized carbons (Fsp3) is 0.667. The van der Waals surface area contributed by atoms with Crippen molar-refractivity contribution in [1.29, 1.82) is 0 Å². The molecule has 4 nitrogen and oxygen atoms in total. The van der Waals surface area contributed by atoms with Crippen molar-refractivity contribution < 1.29 is 0 Å². The second-order valence-electron chi connectivity index (χ2n) is 4.52. The van der Waals surface area contributed by atoms with Crippen LogP contribution in [0.5, 0.6) is 0 Å². The summed E-state index contributed by atoms with van der Waals surface area (Å²) in [5.74, 6) is 1.74. The lowest BCUT2D eigenvalue weighted by atomic mass is 10.0. The zero-order chi connectivity index (χ0) is 12.2. The molecular formula is C12H22N4. The van der Waals surface area contributed by atoms with Crippen LogP contribution in [0.3, 0.4) is 0 Å². The number of hydrogen-bond donors (Lipinski definition) is 1. The summed E-state index contributed by atoms with van der Waals surface area (Å²) in [5.41, 5.74) is 0.0967. The van der Waals surface area contributed by atoms with Crippen LogP contribution in [-0.2, 0) is 0 Å². The van der Waals surface area contributed by atoms with E-state index in [9.17, 15) is 0 Å². The molecule has 0 amide bonds. The molecule has 0 fully saturated rings. The zero-order valence-corrected chi connectivity index (χ0v) is 10.9. The van der Waals surface area contributed by atoms with Gasteiger partial charge in [0.25, 0.3) is 0 Å². The lowest BCUT2D eigenvalue weighted by molar-refractivity contribution is 0.467. The Balaban J connectivity index is 2.91. The lowest BCUT2D eigenvalue weighted by Crippen LogP contribution is -2.41. The Kier molecular flexibility index (Phi) is 4.10. The molecule has 0 aromatic carbocycles. The Morgan fingerprint density at radius 3 is 2.56 bits per heavy atom. The molecule has 1 heterocycles. The van der Waals surface area contributed by atoms with Gasteiger partial charge in [-0.05, 0) is 27.2 Å². The van der Waals surface area contributed by atoms with Crippen LogP contribution in [0.25, 0.3) is 0 Å². The van der Waals surface area contributed by atoms with Crippen LogP contribution >= 0.6 is 0 Å². The molecule has 0 unspecified atom stereocenters. The van der Waals surface area contributed by atoms with E-state index in [0.717, 1.165) is 24.6 Å². The second-order valence-corrected chi connectivity index (χ2v) is 4.52. The van der Waals surface area contributed by atoms with Crippen molar-refractivity contribution in [2.24, 2.45) is 0 Å². The van der Waals surface area contributed by atoms with Crippen molar-refractivity contribution >= 4 is 11.6 Å². The molecule has 0 radical (unpaired) electrons. The molecular weight excluding hydrogens is 200 g/mol. The van der Waals surface area contributed by atoms with Crippen molar-refractivity contribution in [2.45, 2.75) is 39.7 Å². The highest BCUT2D eigenvalue weighted by Gasteiger charge is 2.22. The van der Waals surface area contributed by atoms with Gasteiger partial charge in [0, 0.05) is 19.1 Å². The van der Waals surface area contributed by atoms with Crippen LogP contribution in [0.2, 0.25) is 0 Å². The molecule has 16 heavy (non-hydrogen) atoms. The van der Waals surface area contributed by atoms with Crippen molar-refractivity contribution in [3.8, 4) is 0 Å². The molecule has 0 atom stereocenters.